The number of esters is 1. The summed E-state index contributed by atoms with van der Waals surface area (Å²) in [5.41, 5.74) is 1.05. The molecule has 4 N–H and O–H groups in total. The Morgan fingerprint density at radius 3 is 2.27 bits per heavy atom. The average molecular weight is 607 g/mol. The monoisotopic (exact) mass is 606 g/mol. The molecule has 10 atom stereocenters. The molecule has 6 heteroatoms. The van der Waals surface area contributed by atoms with E-state index in [0.717, 1.165) is 50.5 Å². The van der Waals surface area contributed by atoms with Gasteiger partial charge in [0.25, 0.3) is 0 Å². The highest BCUT2D eigenvalue weighted by molar-refractivity contribution is 5.87. The van der Waals surface area contributed by atoms with Crippen LogP contribution in [0.1, 0.15) is 105 Å². The van der Waals surface area contributed by atoms with Gasteiger partial charge in [-0.15, -0.1) is 0 Å². The van der Waals surface area contributed by atoms with Gasteiger partial charge in [0.2, 0.25) is 0 Å². The van der Waals surface area contributed by atoms with Crippen molar-refractivity contribution in [3.05, 3.63) is 47.6 Å². The molecule has 5 aliphatic rings. The van der Waals surface area contributed by atoms with Crippen LogP contribution in [-0.2, 0) is 9.53 Å². The van der Waals surface area contributed by atoms with Crippen molar-refractivity contribution in [2.24, 2.45) is 44.3 Å². The van der Waals surface area contributed by atoms with Gasteiger partial charge in [-0.2, -0.15) is 0 Å². The molecule has 0 aliphatic heterocycles. The lowest BCUT2D eigenvalue weighted by molar-refractivity contribution is -0.245. The van der Waals surface area contributed by atoms with E-state index in [1.54, 1.807) is 30.3 Å². The molecular formula is C38H54O6. The standard InChI is InChI=1S/C38H54O6/c1-33(2)17-19-38(22-33)20-18-36(5)26(31(38)42)12-13-29-34(3)21-27(40)32(43)35(4,28(34)15-16-37(29,36)6)23-44-30(41)14-9-24-7-10-25(39)11-8-24/h7-12,14,27-29,31-32,39-40,42-43H,13,15-23H2,1-6H3/b14-9+/t27-,28-,29-,31-,32+,34+,35+,36-,37-,38-/m1/s1. The van der Waals surface area contributed by atoms with Crippen molar-refractivity contribution in [1.29, 1.82) is 0 Å². The number of carbonyl (C=O) groups is 1. The van der Waals surface area contributed by atoms with Crippen molar-refractivity contribution in [2.45, 2.75) is 118 Å². The van der Waals surface area contributed by atoms with Gasteiger partial charge >= 0.3 is 5.97 Å². The van der Waals surface area contributed by atoms with Gasteiger partial charge in [-0.25, -0.2) is 4.79 Å². The number of phenolic OH excluding ortho intramolecular Hbond substituents is 1. The fourth-order valence-electron chi connectivity index (χ4n) is 11.7. The first-order valence-corrected chi connectivity index (χ1v) is 16.9. The number of benzene rings is 1. The van der Waals surface area contributed by atoms with Crippen LogP contribution in [0.25, 0.3) is 6.08 Å². The van der Waals surface area contributed by atoms with Gasteiger partial charge in [-0.1, -0.05) is 59.8 Å². The Hall–Kier alpha value is -2.15. The van der Waals surface area contributed by atoms with Gasteiger partial charge < -0.3 is 25.2 Å². The number of hydrogen-bond donors (Lipinski definition) is 4. The maximum absolute atomic E-state index is 12.8. The maximum atomic E-state index is 12.8. The van der Waals surface area contributed by atoms with Crippen molar-refractivity contribution in [3.63, 3.8) is 0 Å². The van der Waals surface area contributed by atoms with E-state index in [-0.39, 0.29) is 51.3 Å². The molecule has 1 aromatic carbocycles. The number of aliphatic hydroxyl groups excluding tert-OH is 3. The molecule has 1 aromatic rings. The number of rotatable bonds is 4. The zero-order valence-electron chi connectivity index (χ0n) is 27.6. The quantitative estimate of drug-likeness (QED) is 0.171. The summed E-state index contributed by atoms with van der Waals surface area (Å²) >= 11 is 0. The van der Waals surface area contributed by atoms with Crippen LogP contribution >= 0.6 is 0 Å². The molecule has 0 unspecified atom stereocenters. The zero-order valence-corrected chi connectivity index (χ0v) is 27.6. The second-order valence-corrected chi connectivity index (χ2v) is 17.2. The third kappa shape index (κ3) is 4.64. The average Bonchev–Trinajstić information content (AvgIpc) is 3.28. The van der Waals surface area contributed by atoms with Gasteiger partial charge in [0.05, 0.1) is 24.9 Å². The van der Waals surface area contributed by atoms with Gasteiger partial charge in [0.1, 0.15) is 5.75 Å². The number of aliphatic hydroxyl groups is 3. The smallest absolute Gasteiger partial charge is 0.330 e. The van der Waals surface area contributed by atoms with Crippen LogP contribution in [0.15, 0.2) is 42.0 Å². The Bertz CT molecular complexity index is 1350. The molecule has 242 valence electrons. The highest BCUT2D eigenvalue weighted by atomic mass is 16.5. The van der Waals surface area contributed by atoms with Gasteiger partial charge in [0, 0.05) is 16.9 Å². The first-order chi connectivity index (χ1) is 20.5. The summed E-state index contributed by atoms with van der Waals surface area (Å²) in [7, 11) is 0. The number of aromatic hydroxyl groups is 1. The van der Waals surface area contributed by atoms with E-state index >= 15 is 0 Å². The highest BCUT2D eigenvalue weighted by Gasteiger charge is 2.70. The summed E-state index contributed by atoms with van der Waals surface area (Å²) in [5.74, 6) is 0.00541. The Labute approximate surface area is 263 Å². The van der Waals surface area contributed by atoms with Crippen LogP contribution in [0, 0.1) is 44.3 Å². The molecule has 6 nitrogen and oxygen atoms in total. The van der Waals surface area contributed by atoms with E-state index in [4.69, 9.17) is 4.74 Å². The molecule has 6 rings (SSSR count). The largest absolute Gasteiger partial charge is 0.508 e. The summed E-state index contributed by atoms with van der Waals surface area (Å²) < 4.78 is 5.80. The lowest BCUT2D eigenvalue weighted by atomic mass is 9.34. The predicted molar refractivity (Wildman–Crippen MR) is 171 cm³/mol. The van der Waals surface area contributed by atoms with Crippen molar-refractivity contribution < 1.29 is 30.0 Å². The van der Waals surface area contributed by atoms with E-state index in [1.165, 1.54) is 18.1 Å². The fraction of sp³-hybridized carbons (Fsp3) is 0.711. The second-order valence-electron chi connectivity index (χ2n) is 17.2. The van der Waals surface area contributed by atoms with Gasteiger partial charge in [-0.05, 0) is 121 Å². The highest BCUT2D eigenvalue weighted by Crippen LogP contribution is 2.74. The molecule has 0 saturated heterocycles. The Balaban J connectivity index is 1.26. The molecule has 1 spiro atoms. The van der Waals surface area contributed by atoms with E-state index < -0.39 is 29.7 Å². The zero-order chi connectivity index (χ0) is 31.9. The molecule has 0 bridgehead atoms. The summed E-state index contributed by atoms with van der Waals surface area (Å²) in [6.07, 6.45) is 11.8. The minimum Gasteiger partial charge on any atom is -0.508 e. The van der Waals surface area contributed by atoms with E-state index in [2.05, 4.69) is 40.7 Å². The van der Waals surface area contributed by atoms with Crippen molar-refractivity contribution in [2.75, 3.05) is 6.61 Å². The molecule has 5 aliphatic carbocycles. The summed E-state index contributed by atoms with van der Waals surface area (Å²) in [6, 6.07) is 6.57. The third-order valence-electron chi connectivity index (χ3n) is 14.2. The van der Waals surface area contributed by atoms with E-state index in [9.17, 15) is 25.2 Å². The Morgan fingerprint density at radius 1 is 0.932 bits per heavy atom. The lowest BCUT2D eigenvalue weighted by Crippen LogP contribution is -2.68. The number of phenols is 1. The normalized spacial score (nSPS) is 46.2. The SMILES string of the molecule is CC1(C)CC[C@@]2(CC[C@]3(C)C(=CC[C@@H]4[C@@]5(C)C[C@@H](O)[C@H](O)[C@@](C)(COC(=O)/C=C/c6ccc(O)cc6)[C@@H]5CC[C@]43C)[C@H]2O)C1. The Morgan fingerprint density at radius 2 is 1.61 bits per heavy atom. The molecule has 0 aromatic heterocycles. The van der Waals surface area contributed by atoms with Crippen LogP contribution in [0.4, 0.5) is 0 Å². The number of allylic oxidation sites excluding steroid dienone is 1. The molecule has 44 heavy (non-hydrogen) atoms. The van der Waals surface area contributed by atoms with Crippen LogP contribution in [0.2, 0.25) is 0 Å². The molecule has 4 fully saturated rings. The number of ether oxygens (including phenoxy) is 1. The maximum Gasteiger partial charge on any atom is 0.330 e. The van der Waals surface area contributed by atoms with E-state index in [1.807, 2.05) is 6.92 Å². The minimum atomic E-state index is -0.994. The fourth-order valence-corrected chi connectivity index (χ4v) is 11.7. The van der Waals surface area contributed by atoms with E-state index in [0.29, 0.717) is 6.42 Å². The minimum absolute atomic E-state index is 0.0105. The first-order valence-electron chi connectivity index (χ1n) is 16.9. The molecule has 0 heterocycles. The number of hydrogen-bond acceptors (Lipinski definition) is 6. The first kappa shape index (κ1) is 31.8. The van der Waals surface area contributed by atoms with Crippen LogP contribution in [-0.4, -0.2) is 51.3 Å². The Kier molecular flexibility index (Phi) is 7.54. The van der Waals surface area contributed by atoms with Crippen molar-refractivity contribution in [1.82, 2.24) is 0 Å². The number of carbonyl (C=O) groups excluding carboxylic acids is 1. The van der Waals surface area contributed by atoms with Crippen LogP contribution < -0.4 is 0 Å². The number of fused-ring (bicyclic) bond motifs is 5. The second kappa shape index (κ2) is 10.4. The van der Waals surface area contributed by atoms with Crippen molar-refractivity contribution in [3.8, 4) is 5.75 Å². The topological polar surface area (TPSA) is 107 Å². The molecule has 0 amide bonds. The summed E-state index contributed by atoms with van der Waals surface area (Å²) in [5, 5.41) is 44.4. The van der Waals surface area contributed by atoms with Crippen molar-refractivity contribution >= 4 is 12.0 Å². The van der Waals surface area contributed by atoms with Gasteiger partial charge in [-0.3, -0.25) is 0 Å². The van der Waals surface area contributed by atoms with Crippen LogP contribution in [0.5, 0.6) is 5.75 Å². The molecule has 4 saturated carbocycles. The molecule has 0 radical (unpaired) electrons. The van der Waals surface area contributed by atoms with Crippen LogP contribution in [0.3, 0.4) is 0 Å². The predicted octanol–water partition coefficient (Wildman–Crippen LogP) is 6.81. The summed E-state index contributed by atoms with van der Waals surface area (Å²) in [6.45, 7) is 13.9. The molecular weight excluding hydrogens is 552 g/mol. The van der Waals surface area contributed by atoms with Gasteiger partial charge in [0.15, 0.2) is 0 Å². The third-order valence-corrected chi connectivity index (χ3v) is 14.2. The lowest BCUT2D eigenvalue weighted by Gasteiger charge is -2.70. The summed E-state index contributed by atoms with van der Waals surface area (Å²) in [4.78, 5) is 12.8.